The molecule has 1 aliphatic heterocycles. The molecule has 2 N–H and O–H groups in total. The average Bonchev–Trinajstić information content (AvgIpc) is 3.10. The number of rotatable bonds is 4. The Morgan fingerprint density at radius 2 is 2.20 bits per heavy atom. The van der Waals surface area contributed by atoms with Gasteiger partial charge < -0.3 is 15.4 Å². The summed E-state index contributed by atoms with van der Waals surface area (Å²) >= 11 is 1.82. The summed E-state index contributed by atoms with van der Waals surface area (Å²) in [5, 5.41) is 9.35. The van der Waals surface area contributed by atoms with E-state index in [-0.39, 0.29) is 34.8 Å². The molecule has 2 fully saturated rings. The van der Waals surface area contributed by atoms with Gasteiger partial charge in [0.2, 0.25) is 0 Å². The van der Waals surface area contributed by atoms with E-state index in [4.69, 9.17) is 4.74 Å². The van der Waals surface area contributed by atoms with Gasteiger partial charge >= 0.3 is 0 Å². The van der Waals surface area contributed by atoms with Crippen molar-refractivity contribution >= 4 is 41.3 Å². The van der Waals surface area contributed by atoms with Crippen molar-refractivity contribution in [3.05, 3.63) is 22.4 Å². The fraction of sp³-hybridized carbons (Fsp3) is 0.737. The summed E-state index contributed by atoms with van der Waals surface area (Å²) in [5.41, 5.74) is 0.253. The van der Waals surface area contributed by atoms with E-state index in [1.165, 1.54) is 17.7 Å². The van der Waals surface area contributed by atoms with E-state index in [9.17, 15) is 0 Å². The summed E-state index contributed by atoms with van der Waals surface area (Å²) in [6.07, 6.45) is 2.82. The lowest BCUT2D eigenvalue weighted by molar-refractivity contribution is -0.188. The normalized spacial score (nSPS) is 28.4. The molecule has 2 aliphatic rings. The largest absolute Gasteiger partial charge is 0.377 e. The van der Waals surface area contributed by atoms with E-state index in [1.807, 2.05) is 18.4 Å². The van der Waals surface area contributed by atoms with Crippen molar-refractivity contribution in [3.63, 3.8) is 0 Å². The van der Waals surface area contributed by atoms with E-state index < -0.39 is 0 Å². The van der Waals surface area contributed by atoms with Crippen molar-refractivity contribution in [2.45, 2.75) is 58.1 Å². The van der Waals surface area contributed by atoms with E-state index in [2.05, 4.69) is 60.8 Å². The number of halogens is 1. The van der Waals surface area contributed by atoms with Crippen LogP contribution in [0.4, 0.5) is 0 Å². The maximum Gasteiger partial charge on any atom is 0.191 e. The first-order chi connectivity index (χ1) is 11.4. The van der Waals surface area contributed by atoms with Crippen LogP contribution in [0.2, 0.25) is 0 Å². The minimum Gasteiger partial charge on any atom is -0.377 e. The third-order valence-corrected chi connectivity index (χ3v) is 6.97. The highest BCUT2D eigenvalue weighted by Gasteiger charge is 2.58. The van der Waals surface area contributed by atoms with Gasteiger partial charge in [0.25, 0.3) is 0 Å². The molecule has 0 radical (unpaired) electrons. The number of guanidine groups is 1. The van der Waals surface area contributed by atoms with Gasteiger partial charge in [0, 0.05) is 47.9 Å². The molecule has 3 unspecified atom stereocenters. The summed E-state index contributed by atoms with van der Waals surface area (Å²) in [7, 11) is 1.86. The second-order valence-electron chi connectivity index (χ2n) is 8.33. The SMILES string of the molecule is CN=C(NCC(C)(C)c1cccs1)NC1C2CCCOC2C1(C)C.I. The van der Waals surface area contributed by atoms with E-state index in [0.29, 0.717) is 18.1 Å². The number of thiophene rings is 1. The van der Waals surface area contributed by atoms with Gasteiger partial charge in [0.05, 0.1) is 6.10 Å². The Balaban J connectivity index is 0.00000225. The fourth-order valence-corrected chi connectivity index (χ4v) is 5.06. The van der Waals surface area contributed by atoms with Gasteiger partial charge in [0.1, 0.15) is 0 Å². The monoisotopic (exact) mass is 477 g/mol. The lowest BCUT2D eigenvalue weighted by Crippen LogP contribution is -2.71. The first kappa shape index (κ1) is 21.0. The first-order valence-corrected chi connectivity index (χ1v) is 9.87. The zero-order valence-corrected chi connectivity index (χ0v) is 19.1. The van der Waals surface area contributed by atoms with Crippen LogP contribution in [-0.4, -0.2) is 38.3 Å². The summed E-state index contributed by atoms with van der Waals surface area (Å²) in [4.78, 5) is 5.85. The minimum atomic E-state index is 0. The first-order valence-electron chi connectivity index (χ1n) is 8.99. The van der Waals surface area contributed by atoms with Gasteiger partial charge in [0.15, 0.2) is 5.96 Å². The molecule has 0 aromatic carbocycles. The highest BCUT2D eigenvalue weighted by atomic mass is 127. The van der Waals surface area contributed by atoms with Gasteiger partial charge in [-0.1, -0.05) is 33.8 Å². The van der Waals surface area contributed by atoms with Crippen LogP contribution in [0.3, 0.4) is 0 Å². The van der Waals surface area contributed by atoms with Crippen LogP contribution in [0.1, 0.15) is 45.4 Å². The maximum absolute atomic E-state index is 6.00. The maximum atomic E-state index is 6.00. The van der Waals surface area contributed by atoms with Gasteiger partial charge in [-0.15, -0.1) is 35.3 Å². The molecular weight excluding hydrogens is 445 g/mol. The van der Waals surface area contributed by atoms with Gasteiger partial charge in [-0.25, -0.2) is 0 Å². The Bertz CT molecular complexity index is 585. The number of hydrogen-bond acceptors (Lipinski definition) is 3. The second-order valence-corrected chi connectivity index (χ2v) is 9.28. The van der Waals surface area contributed by atoms with Crippen LogP contribution in [0.5, 0.6) is 0 Å². The summed E-state index contributed by atoms with van der Waals surface area (Å²) in [6, 6.07) is 4.76. The number of fused-ring (bicyclic) bond motifs is 1. The smallest absolute Gasteiger partial charge is 0.191 e. The van der Waals surface area contributed by atoms with Crippen LogP contribution >= 0.6 is 35.3 Å². The molecule has 2 heterocycles. The molecule has 4 nitrogen and oxygen atoms in total. The van der Waals surface area contributed by atoms with Crippen molar-refractivity contribution in [2.75, 3.05) is 20.2 Å². The molecule has 1 aromatic heterocycles. The topological polar surface area (TPSA) is 45.7 Å². The van der Waals surface area contributed by atoms with Crippen LogP contribution in [0.25, 0.3) is 0 Å². The molecule has 0 bridgehead atoms. The Hall–Kier alpha value is -0.340. The zero-order chi connectivity index (χ0) is 17.4. The summed E-state index contributed by atoms with van der Waals surface area (Å²) in [5.74, 6) is 1.51. The van der Waals surface area contributed by atoms with E-state index in [0.717, 1.165) is 19.1 Å². The number of ether oxygens (including phenoxy) is 1. The summed E-state index contributed by atoms with van der Waals surface area (Å²) < 4.78 is 6.00. The van der Waals surface area contributed by atoms with Crippen LogP contribution < -0.4 is 10.6 Å². The minimum absolute atomic E-state index is 0. The molecule has 6 heteroatoms. The van der Waals surface area contributed by atoms with Gasteiger partial charge in [-0.2, -0.15) is 0 Å². The number of nitrogens with one attached hydrogen (secondary N) is 2. The Labute approximate surface area is 173 Å². The van der Waals surface area contributed by atoms with Crippen molar-refractivity contribution in [3.8, 4) is 0 Å². The predicted octanol–water partition coefficient (Wildman–Crippen LogP) is 4.01. The van der Waals surface area contributed by atoms with E-state index in [1.54, 1.807) is 0 Å². The number of aliphatic imine (C=N–C) groups is 1. The third kappa shape index (κ3) is 4.16. The number of nitrogens with zero attached hydrogens (tertiary/aromatic N) is 1. The number of hydrogen-bond donors (Lipinski definition) is 2. The third-order valence-electron chi connectivity index (χ3n) is 5.73. The average molecular weight is 477 g/mol. The molecule has 1 aromatic rings. The predicted molar refractivity (Wildman–Crippen MR) is 117 cm³/mol. The lowest BCUT2D eigenvalue weighted by atomic mass is 9.55. The van der Waals surface area contributed by atoms with Crippen LogP contribution in [0, 0.1) is 11.3 Å². The molecule has 0 amide bonds. The molecule has 3 atom stereocenters. The quantitative estimate of drug-likeness (QED) is 0.392. The summed E-state index contributed by atoms with van der Waals surface area (Å²) in [6.45, 7) is 10.9. The second kappa shape index (κ2) is 8.13. The Morgan fingerprint density at radius 1 is 1.44 bits per heavy atom. The molecule has 142 valence electrons. The molecule has 1 aliphatic carbocycles. The highest BCUT2D eigenvalue weighted by molar-refractivity contribution is 14.0. The standard InChI is InChI=1S/C19H31N3OS.HI/c1-18(2,14-9-7-11-24-14)12-21-17(20-5)22-15-13-8-6-10-23-16(13)19(15,3)4;/h7,9,11,13,15-16H,6,8,10,12H2,1-5H3,(H2,20,21,22);1H. The van der Waals surface area contributed by atoms with E-state index >= 15 is 0 Å². The Morgan fingerprint density at radius 3 is 2.84 bits per heavy atom. The van der Waals surface area contributed by atoms with Crippen molar-refractivity contribution in [1.82, 2.24) is 10.6 Å². The molecule has 3 rings (SSSR count). The van der Waals surface area contributed by atoms with Gasteiger partial charge in [-0.3, -0.25) is 4.99 Å². The highest BCUT2D eigenvalue weighted by Crippen LogP contribution is 2.51. The van der Waals surface area contributed by atoms with Crippen molar-refractivity contribution < 1.29 is 4.74 Å². The van der Waals surface area contributed by atoms with Crippen LogP contribution in [-0.2, 0) is 10.2 Å². The van der Waals surface area contributed by atoms with Crippen molar-refractivity contribution in [1.29, 1.82) is 0 Å². The zero-order valence-electron chi connectivity index (χ0n) is 16.0. The van der Waals surface area contributed by atoms with Crippen molar-refractivity contribution in [2.24, 2.45) is 16.3 Å². The molecule has 1 saturated carbocycles. The fourth-order valence-electron chi connectivity index (χ4n) is 4.21. The van der Waals surface area contributed by atoms with Crippen LogP contribution in [0.15, 0.2) is 22.5 Å². The Kier molecular flexibility index (Phi) is 6.82. The molecule has 0 spiro atoms. The molecule has 25 heavy (non-hydrogen) atoms. The molecule has 1 saturated heterocycles. The molecular formula is C19H32IN3OS. The van der Waals surface area contributed by atoms with Gasteiger partial charge in [-0.05, 0) is 24.3 Å². The lowest BCUT2D eigenvalue weighted by Gasteiger charge is -2.60.